The van der Waals surface area contributed by atoms with Gasteiger partial charge in [0.25, 0.3) is 0 Å². The summed E-state index contributed by atoms with van der Waals surface area (Å²) >= 11 is 0. The van der Waals surface area contributed by atoms with Crippen molar-refractivity contribution in [3.05, 3.63) is 47.7 Å². The molecule has 0 radical (unpaired) electrons. The maximum absolute atomic E-state index is 13.4. The number of anilines is 2. The quantitative estimate of drug-likeness (QED) is 0.784. The van der Waals surface area contributed by atoms with Crippen molar-refractivity contribution in [3.63, 3.8) is 0 Å². The van der Waals surface area contributed by atoms with Crippen molar-refractivity contribution in [1.29, 1.82) is 0 Å². The summed E-state index contributed by atoms with van der Waals surface area (Å²) in [6, 6.07) is 7.67. The Labute approximate surface area is 182 Å². The summed E-state index contributed by atoms with van der Waals surface area (Å²) in [7, 11) is -3.86. The van der Waals surface area contributed by atoms with Crippen LogP contribution in [0.5, 0.6) is 0 Å². The second kappa shape index (κ2) is 8.05. The molecule has 2 aliphatic rings. The van der Waals surface area contributed by atoms with Gasteiger partial charge in [-0.05, 0) is 68.5 Å². The summed E-state index contributed by atoms with van der Waals surface area (Å²) in [5.74, 6) is -0.00375. The van der Waals surface area contributed by atoms with E-state index in [0.29, 0.717) is 25.1 Å². The molecule has 1 N–H and O–H groups in total. The van der Waals surface area contributed by atoms with Crippen LogP contribution in [0.2, 0.25) is 0 Å². The molecule has 4 rings (SSSR count). The van der Waals surface area contributed by atoms with Gasteiger partial charge < -0.3 is 10.2 Å². The van der Waals surface area contributed by atoms with Crippen molar-refractivity contribution >= 4 is 33.3 Å². The highest BCUT2D eigenvalue weighted by Crippen LogP contribution is 2.35. The predicted molar refractivity (Wildman–Crippen MR) is 117 cm³/mol. The van der Waals surface area contributed by atoms with E-state index in [1.165, 1.54) is 17.3 Å². The molecular formula is C22H26N4O4S. The molecule has 2 amide bonds. The number of fused-ring (bicyclic) bond motifs is 1. The Morgan fingerprint density at radius 1 is 1.23 bits per heavy atom. The summed E-state index contributed by atoms with van der Waals surface area (Å²) < 4.78 is 28.1. The SMILES string of the molecule is CC(=O)N1c2ccc(S(=O)(=O)N3CCC[C@@H]3C(=O)Nc3ncccc3C)cc2C[C@H]1C. The fourth-order valence-electron chi connectivity index (χ4n) is 4.49. The zero-order valence-electron chi connectivity index (χ0n) is 17.8. The Bertz CT molecular complexity index is 1150. The molecule has 0 spiro atoms. The molecule has 0 saturated carbocycles. The van der Waals surface area contributed by atoms with Gasteiger partial charge in [-0.2, -0.15) is 4.31 Å². The van der Waals surface area contributed by atoms with Crippen LogP contribution in [0.1, 0.15) is 37.8 Å². The highest BCUT2D eigenvalue weighted by atomic mass is 32.2. The molecule has 0 bridgehead atoms. The van der Waals surface area contributed by atoms with Gasteiger partial charge in [0.05, 0.1) is 4.90 Å². The summed E-state index contributed by atoms with van der Waals surface area (Å²) in [6.45, 7) is 5.57. The number of benzene rings is 1. The second-order valence-corrected chi connectivity index (χ2v) is 10.1. The van der Waals surface area contributed by atoms with Gasteiger partial charge in [-0.1, -0.05) is 6.07 Å². The molecular weight excluding hydrogens is 416 g/mol. The van der Waals surface area contributed by atoms with Crippen LogP contribution in [-0.4, -0.2) is 48.1 Å². The van der Waals surface area contributed by atoms with Gasteiger partial charge in [-0.25, -0.2) is 13.4 Å². The first kappa shape index (κ1) is 21.5. The number of nitrogens with one attached hydrogen (secondary N) is 1. The number of aryl methyl sites for hydroxylation is 1. The van der Waals surface area contributed by atoms with Crippen LogP contribution in [0.4, 0.5) is 11.5 Å². The number of nitrogens with zero attached hydrogens (tertiary/aromatic N) is 3. The number of carbonyl (C=O) groups is 2. The Hall–Kier alpha value is -2.78. The monoisotopic (exact) mass is 442 g/mol. The molecule has 9 heteroatoms. The van der Waals surface area contributed by atoms with Crippen molar-refractivity contribution < 1.29 is 18.0 Å². The van der Waals surface area contributed by atoms with E-state index in [-0.39, 0.29) is 29.3 Å². The van der Waals surface area contributed by atoms with Crippen LogP contribution < -0.4 is 10.2 Å². The molecule has 2 aromatic rings. The van der Waals surface area contributed by atoms with Gasteiger partial charge >= 0.3 is 0 Å². The first-order valence-corrected chi connectivity index (χ1v) is 11.8. The maximum Gasteiger partial charge on any atom is 0.243 e. The largest absolute Gasteiger partial charge is 0.309 e. The van der Waals surface area contributed by atoms with Crippen LogP contribution in [0.15, 0.2) is 41.4 Å². The minimum Gasteiger partial charge on any atom is -0.309 e. The third-order valence-corrected chi connectivity index (χ3v) is 7.87. The molecule has 164 valence electrons. The molecule has 0 unspecified atom stereocenters. The Kier molecular flexibility index (Phi) is 5.57. The smallest absolute Gasteiger partial charge is 0.243 e. The normalized spacial score (nSPS) is 21.2. The number of amides is 2. The van der Waals surface area contributed by atoms with Crippen LogP contribution in [0.25, 0.3) is 0 Å². The van der Waals surface area contributed by atoms with Crippen LogP contribution >= 0.6 is 0 Å². The Balaban J connectivity index is 1.60. The van der Waals surface area contributed by atoms with Gasteiger partial charge in [0, 0.05) is 31.4 Å². The third kappa shape index (κ3) is 3.83. The lowest BCUT2D eigenvalue weighted by atomic mass is 10.1. The standard InChI is InChI=1S/C22H26N4O4S/c1-14-6-4-10-23-21(14)24-22(28)20-7-5-11-25(20)31(29,30)18-8-9-19-17(13-18)12-15(2)26(19)16(3)27/h4,6,8-10,13,15,20H,5,7,11-12H2,1-3H3,(H,23,24,28)/t15-,20-/m1/s1. The summed E-state index contributed by atoms with van der Waals surface area (Å²) in [6.07, 6.45) is 3.25. The Morgan fingerprint density at radius 3 is 2.71 bits per heavy atom. The summed E-state index contributed by atoms with van der Waals surface area (Å²) in [5.41, 5.74) is 2.39. The zero-order valence-corrected chi connectivity index (χ0v) is 18.6. The molecule has 2 atom stereocenters. The van der Waals surface area contributed by atoms with E-state index < -0.39 is 16.1 Å². The molecule has 3 heterocycles. The van der Waals surface area contributed by atoms with Gasteiger partial charge in [0.2, 0.25) is 21.8 Å². The van der Waals surface area contributed by atoms with E-state index >= 15 is 0 Å². The first-order chi connectivity index (χ1) is 14.7. The van der Waals surface area contributed by atoms with E-state index in [4.69, 9.17) is 0 Å². The molecule has 1 fully saturated rings. The van der Waals surface area contributed by atoms with Gasteiger partial charge in [0.15, 0.2) is 0 Å². The second-order valence-electron chi connectivity index (χ2n) is 8.16. The zero-order chi connectivity index (χ0) is 22.3. The van der Waals surface area contributed by atoms with Gasteiger partial charge in [0.1, 0.15) is 11.9 Å². The maximum atomic E-state index is 13.4. The molecule has 1 saturated heterocycles. The first-order valence-electron chi connectivity index (χ1n) is 10.4. The molecule has 1 aromatic heterocycles. The van der Waals surface area contributed by atoms with E-state index in [9.17, 15) is 18.0 Å². The number of aromatic nitrogens is 1. The van der Waals surface area contributed by atoms with Crippen LogP contribution in [-0.2, 0) is 26.0 Å². The summed E-state index contributed by atoms with van der Waals surface area (Å²) in [4.78, 5) is 30.9. The van der Waals surface area contributed by atoms with Crippen molar-refractivity contribution in [3.8, 4) is 0 Å². The van der Waals surface area contributed by atoms with Crippen molar-refractivity contribution in [1.82, 2.24) is 9.29 Å². The van der Waals surface area contributed by atoms with Gasteiger partial charge in [-0.15, -0.1) is 0 Å². The topological polar surface area (TPSA) is 99.7 Å². The third-order valence-electron chi connectivity index (χ3n) is 5.97. The average molecular weight is 443 g/mol. The number of hydrogen-bond acceptors (Lipinski definition) is 5. The lowest BCUT2D eigenvalue weighted by molar-refractivity contribution is -0.119. The predicted octanol–water partition coefficient (Wildman–Crippen LogP) is 2.48. The fourth-order valence-corrected chi connectivity index (χ4v) is 6.20. The van der Waals surface area contributed by atoms with Crippen molar-refractivity contribution in [2.24, 2.45) is 0 Å². The van der Waals surface area contributed by atoms with E-state index in [2.05, 4.69) is 10.3 Å². The number of carbonyl (C=O) groups excluding carboxylic acids is 2. The minimum absolute atomic E-state index is 0.0163. The van der Waals surface area contributed by atoms with Crippen LogP contribution in [0, 0.1) is 6.92 Å². The molecule has 2 aliphatic heterocycles. The highest BCUT2D eigenvalue weighted by molar-refractivity contribution is 7.89. The number of rotatable bonds is 4. The lowest BCUT2D eigenvalue weighted by Crippen LogP contribution is -2.43. The summed E-state index contributed by atoms with van der Waals surface area (Å²) in [5, 5.41) is 2.77. The lowest BCUT2D eigenvalue weighted by Gasteiger charge is -2.24. The van der Waals surface area contributed by atoms with E-state index in [1.54, 1.807) is 29.3 Å². The molecule has 8 nitrogen and oxygen atoms in total. The van der Waals surface area contributed by atoms with E-state index in [1.807, 2.05) is 19.9 Å². The molecule has 0 aliphatic carbocycles. The highest BCUT2D eigenvalue weighted by Gasteiger charge is 2.40. The molecule has 31 heavy (non-hydrogen) atoms. The number of sulfonamides is 1. The molecule has 1 aromatic carbocycles. The Morgan fingerprint density at radius 2 is 2.00 bits per heavy atom. The fraction of sp³-hybridized carbons (Fsp3) is 0.409. The average Bonchev–Trinajstić information content (AvgIpc) is 3.33. The number of pyridine rings is 1. The van der Waals surface area contributed by atoms with Gasteiger partial charge in [-0.3, -0.25) is 9.59 Å². The minimum atomic E-state index is -3.86. The van der Waals surface area contributed by atoms with Crippen molar-refractivity contribution in [2.75, 3.05) is 16.8 Å². The number of hydrogen-bond donors (Lipinski definition) is 1. The van der Waals surface area contributed by atoms with Crippen molar-refractivity contribution in [2.45, 2.75) is 57.0 Å². The van der Waals surface area contributed by atoms with Crippen LogP contribution in [0.3, 0.4) is 0 Å². The van der Waals surface area contributed by atoms with E-state index in [0.717, 1.165) is 16.8 Å².